The van der Waals surface area contributed by atoms with Gasteiger partial charge in [-0.3, -0.25) is 20.6 Å². The third-order valence-electron chi connectivity index (χ3n) is 2.57. The van der Waals surface area contributed by atoms with Gasteiger partial charge in [0, 0.05) is 12.3 Å². The van der Waals surface area contributed by atoms with Crippen molar-refractivity contribution in [2.75, 3.05) is 6.61 Å². The van der Waals surface area contributed by atoms with Gasteiger partial charge in [-0.2, -0.15) is 9.59 Å². The van der Waals surface area contributed by atoms with E-state index in [4.69, 9.17) is 14.7 Å². The molecule has 0 unspecified atom stereocenters. The quantitative estimate of drug-likeness (QED) is 0.235. The molecule has 0 fully saturated rings. The molecule has 30 heavy (non-hydrogen) atoms. The third kappa shape index (κ3) is 14.1. The van der Waals surface area contributed by atoms with Crippen molar-refractivity contribution in [2.24, 2.45) is 0 Å². The fourth-order valence-corrected chi connectivity index (χ4v) is 1.55. The maximum absolute atomic E-state index is 11.2. The summed E-state index contributed by atoms with van der Waals surface area (Å²) in [5.74, 6) is -1.48. The molecule has 156 valence electrons. The van der Waals surface area contributed by atoms with Gasteiger partial charge in [0.2, 0.25) is 0 Å². The number of nitrogens with one attached hydrogen (secondary N) is 1. The van der Waals surface area contributed by atoms with Gasteiger partial charge in [0.15, 0.2) is 11.5 Å². The van der Waals surface area contributed by atoms with E-state index in [1.807, 2.05) is 6.92 Å². The molecule has 11 nitrogen and oxygen atoms in total. The minimum Gasteiger partial charge on any atom is -0.870 e. The summed E-state index contributed by atoms with van der Waals surface area (Å²) in [4.78, 5) is 58.8. The number of H-pyrrole nitrogens is 1. The number of pyridine rings is 1. The molecular weight excluding hydrogens is 409 g/mol. The van der Waals surface area contributed by atoms with E-state index in [1.165, 1.54) is 6.20 Å². The van der Waals surface area contributed by atoms with Crippen LogP contribution in [0.25, 0.3) is 11.5 Å². The van der Waals surface area contributed by atoms with Crippen molar-refractivity contribution >= 4 is 18.1 Å². The number of carboxylic acid groups (broad SMARTS) is 1. The second-order valence-corrected chi connectivity index (χ2v) is 4.56. The topological polar surface area (TPSA) is 186 Å². The zero-order valence-electron chi connectivity index (χ0n) is 16.6. The number of aromatic amines is 1. The molecule has 0 amide bonds. The van der Waals surface area contributed by atoms with Gasteiger partial charge in [-0.25, -0.2) is 9.78 Å². The van der Waals surface area contributed by atoms with Crippen LogP contribution in [0.2, 0.25) is 0 Å². The van der Waals surface area contributed by atoms with E-state index in [0.29, 0.717) is 12.3 Å². The first-order valence-electron chi connectivity index (χ1n) is 7.89. The summed E-state index contributed by atoms with van der Waals surface area (Å²) < 4.78 is 4.56. The van der Waals surface area contributed by atoms with Gasteiger partial charge in [0.25, 0.3) is 5.56 Å². The third-order valence-corrected chi connectivity index (χ3v) is 2.57. The number of rotatable bonds is 5. The molecule has 12 heteroatoms. The smallest absolute Gasteiger partial charge is 0.870 e. The normalized spacial score (nSPS) is 8.60. The van der Waals surface area contributed by atoms with Crippen molar-refractivity contribution < 1.29 is 64.1 Å². The van der Waals surface area contributed by atoms with Crippen molar-refractivity contribution in [3.8, 4) is 11.5 Å². The van der Waals surface area contributed by atoms with Crippen LogP contribution in [0.3, 0.4) is 0 Å². The number of carbonyl (C=O) groups excluding carboxylic acids is 3. The van der Waals surface area contributed by atoms with Gasteiger partial charge in [0.05, 0.1) is 6.61 Å². The van der Waals surface area contributed by atoms with Crippen LogP contribution in [-0.4, -0.2) is 50.2 Å². The van der Waals surface area contributed by atoms with E-state index in [-0.39, 0.29) is 58.7 Å². The summed E-state index contributed by atoms with van der Waals surface area (Å²) >= 11 is 0. The predicted octanol–water partition coefficient (Wildman–Crippen LogP) is -1.91. The Morgan fingerprint density at radius 1 is 1.30 bits per heavy atom. The average Bonchev–Trinajstić information content (AvgIpc) is 2.68. The first-order chi connectivity index (χ1) is 13.4. The van der Waals surface area contributed by atoms with E-state index in [0.717, 1.165) is 12.5 Å². The fraction of sp³-hybridized carbons (Fsp3) is 0.222. The van der Waals surface area contributed by atoms with E-state index >= 15 is 0 Å². The number of carbonyl (C=O) groups is 2. The minimum atomic E-state index is -1.25. The van der Waals surface area contributed by atoms with Gasteiger partial charge >= 0.3 is 41.7 Å². The molecule has 0 bridgehead atoms. The summed E-state index contributed by atoms with van der Waals surface area (Å²) in [5.41, 5.74) is -0.403. The summed E-state index contributed by atoms with van der Waals surface area (Å²) in [6.07, 6.45) is 6.70. The van der Waals surface area contributed by atoms with E-state index in [1.54, 1.807) is 31.2 Å². The van der Waals surface area contributed by atoms with E-state index in [9.17, 15) is 14.4 Å². The van der Waals surface area contributed by atoms with Crippen molar-refractivity contribution in [3.05, 3.63) is 58.7 Å². The van der Waals surface area contributed by atoms with Crippen molar-refractivity contribution in [1.82, 2.24) is 15.0 Å². The van der Waals surface area contributed by atoms with Crippen LogP contribution >= 0.6 is 0 Å². The van der Waals surface area contributed by atoms with Gasteiger partial charge < -0.3 is 26.4 Å². The van der Waals surface area contributed by atoms with Crippen LogP contribution in [0.1, 0.15) is 30.8 Å². The van der Waals surface area contributed by atoms with Crippen LogP contribution in [0, 0.1) is 6.08 Å². The molecule has 0 radical (unpaired) electrons. The predicted molar refractivity (Wildman–Crippen MR) is 96.7 cm³/mol. The van der Waals surface area contributed by atoms with Gasteiger partial charge in [0.1, 0.15) is 11.7 Å². The molecule has 0 spiro atoms. The van der Waals surface area contributed by atoms with Crippen molar-refractivity contribution in [1.29, 1.82) is 0 Å². The Morgan fingerprint density at radius 3 is 2.40 bits per heavy atom. The summed E-state index contributed by atoms with van der Waals surface area (Å²) in [6, 6.07) is 5.98. The minimum absolute atomic E-state index is 0. The molecule has 0 aromatic carbocycles. The van der Waals surface area contributed by atoms with E-state index < -0.39 is 11.5 Å². The second kappa shape index (κ2) is 19.4. The molecule has 2 aromatic heterocycles. The molecule has 0 aliphatic rings. The first kappa shape index (κ1) is 31.7. The first-order valence-corrected chi connectivity index (χ1v) is 7.89. The molecule has 2 aromatic rings. The van der Waals surface area contributed by atoms with Crippen molar-refractivity contribution in [2.45, 2.75) is 20.3 Å². The Morgan fingerprint density at radius 2 is 1.93 bits per heavy atom. The summed E-state index contributed by atoms with van der Waals surface area (Å²) in [6.45, 7) is 4.13. The Balaban J connectivity index is -0.000000451. The molecule has 0 saturated carbocycles. The Hall–Kier alpha value is -2.95. The maximum Gasteiger partial charge on any atom is 1.00 e. The Kier molecular flexibility index (Phi) is 20.5. The SMILES string of the molecule is CCC=[C-]C(=O)OCC.O=C(O)c1cc(=O)[nH]c(-c2ccccn2)n1.O=C=O.[Na+].[OH-]. The Bertz CT molecular complexity index is 879. The molecule has 0 atom stereocenters. The Labute approximate surface area is 193 Å². The van der Waals surface area contributed by atoms with E-state index in [2.05, 4.69) is 25.8 Å². The number of aromatic nitrogens is 3. The number of esters is 1. The standard InChI is InChI=1S/C10H7N3O3.C7H11O2.CO2.Na.H2O/c14-8-5-7(10(15)16)12-9(13-8)6-3-1-2-4-11-6;1-3-5-6-7(8)9-4-2;2-1-3;;/h1-5H,(H,15,16)(H,12,13,14);5H,3-4H2,1-2H3;;;1H2/q;-1;;+1;/p-1. The van der Waals surface area contributed by atoms with Gasteiger partial charge in [-0.1, -0.05) is 19.4 Å². The average molecular weight is 428 g/mol. The molecule has 0 saturated heterocycles. The number of hydrogen-bond donors (Lipinski definition) is 2. The largest absolute Gasteiger partial charge is 1.00 e. The second-order valence-electron chi connectivity index (χ2n) is 4.56. The number of aromatic carboxylic acids is 1. The number of ether oxygens (including phenoxy) is 1. The van der Waals surface area contributed by atoms with Crippen LogP contribution in [-0.2, 0) is 19.1 Å². The number of allylic oxidation sites excluding steroid dienone is 1. The monoisotopic (exact) mass is 428 g/mol. The fourth-order valence-electron chi connectivity index (χ4n) is 1.55. The summed E-state index contributed by atoms with van der Waals surface area (Å²) in [7, 11) is 0. The molecule has 3 N–H and O–H groups in total. The van der Waals surface area contributed by atoms with Gasteiger partial charge in [-0.15, -0.1) is 0 Å². The number of nitrogens with zero attached hydrogens (tertiary/aromatic N) is 2. The van der Waals surface area contributed by atoms with Crippen LogP contribution in [0.15, 0.2) is 41.3 Å². The molecule has 2 rings (SSSR count). The van der Waals surface area contributed by atoms with Crippen LogP contribution < -0.4 is 35.1 Å². The molecule has 2 heterocycles. The van der Waals surface area contributed by atoms with Crippen molar-refractivity contribution in [3.63, 3.8) is 0 Å². The number of carboxylic acids is 1. The molecule has 0 aliphatic heterocycles. The molecule has 0 aliphatic carbocycles. The van der Waals surface area contributed by atoms with Gasteiger partial charge in [-0.05, 0) is 19.1 Å². The molecular formula is C18H19N3NaO8-. The van der Waals surface area contributed by atoms with Crippen LogP contribution in [0.4, 0.5) is 0 Å². The maximum atomic E-state index is 11.2. The van der Waals surface area contributed by atoms with Crippen LogP contribution in [0.5, 0.6) is 0 Å². The summed E-state index contributed by atoms with van der Waals surface area (Å²) in [5, 5.41) is 8.74. The zero-order chi connectivity index (χ0) is 21.4. The zero-order valence-corrected chi connectivity index (χ0v) is 18.6. The number of hydrogen-bond acceptors (Lipinski definition) is 9.